The largest absolute Gasteiger partial charge is 0.395 e. The predicted molar refractivity (Wildman–Crippen MR) is 176 cm³/mol. The Bertz CT molecular complexity index is 1930. The molecule has 43 heavy (non-hydrogen) atoms. The van der Waals surface area contributed by atoms with Crippen LogP contribution in [0.3, 0.4) is 0 Å². The Hall–Kier alpha value is -4.12. The minimum Gasteiger partial charge on any atom is -0.395 e. The fraction of sp³-hybridized carbons (Fsp3) is 0.212. The number of nitrogens with zero attached hydrogens (tertiary/aromatic N) is 3. The number of sulfonamides is 1. The van der Waals surface area contributed by atoms with Crippen LogP contribution in [0, 0.1) is 0 Å². The molecule has 1 amide bonds. The van der Waals surface area contributed by atoms with Crippen molar-refractivity contribution in [3.05, 3.63) is 96.0 Å². The fourth-order valence-corrected chi connectivity index (χ4v) is 8.42. The molecule has 0 spiro atoms. The standard InChI is InChI=1S/C33H32N4O4S2/c1-3-37(17-18-38)33(39)24-13-11-22(12-14-24)27-21-34-32-31(30(27)23-8-5-4-6-9-23)26-20-25(15-16-28(26)35-32)36(2)43(40,41)29-10-7-19-42-29/h4-9,11-16,19-21,29,38H,3,10,17-18H2,1-2H3,(H,34,35). The van der Waals surface area contributed by atoms with Gasteiger partial charge in [-0.15, -0.1) is 11.8 Å². The van der Waals surface area contributed by atoms with Gasteiger partial charge in [-0.1, -0.05) is 48.5 Å². The normalized spacial score (nSPS) is 14.9. The Labute approximate surface area is 255 Å². The Morgan fingerprint density at radius 2 is 1.84 bits per heavy atom. The van der Waals surface area contributed by atoms with Crippen LogP contribution >= 0.6 is 11.8 Å². The molecule has 5 aromatic rings. The Balaban J connectivity index is 1.50. The van der Waals surface area contributed by atoms with Gasteiger partial charge in [-0.05, 0) is 60.2 Å². The Morgan fingerprint density at radius 3 is 2.51 bits per heavy atom. The molecule has 1 unspecified atom stereocenters. The third-order valence-corrected chi connectivity index (χ3v) is 11.6. The molecule has 0 saturated carbocycles. The van der Waals surface area contributed by atoms with Crippen LogP contribution < -0.4 is 4.31 Å². The van der Waals surface area contributed by atoms with E-state index in [2.05, 4.69) is 4.98 Å². The number of hydrogen-bond donors (Lipinski definition) is 2. The zero-order valence-corrected chi connectivity index (χ0v) is 25.5. The molecule has 6 rings (SSSR count). The topological polar surface area (TPSA) is 107 Å². The molecule has 1 atom stereocenters. The number of fused-ring (bicyclic) bond motifs is 3. The molecule has 10 heteroatoms. The molecule has 1 aliphatic heterocycles. The number of aromatic nitrogens is 2. The third kappa shape index (κ3) is 5.30. The molecular formula is C33H32N4O4S2. The number of aliphatic hydroxyl groups excluding tert-OH is 1. The second-order valence-electron chi connectivity index (χ2n) is 10.4. The quantitative estimate of drug-likeness (QED) is 0.204. The van der Waals surface area contributed by atoms with Crippen LogP contribution in [0.2, 0.25) is 0 Å². The summed E-state index contributed by atoms with van der Waals surface area (Å²) >= 11 is 1.33. The second kappa shape index (κ2) is 11.9. The summed E-state index contributed by atoms with van der Waals surface area (Å²) in [7, 11) is -1.96. The SMILES string of the molecule is CCN(CCO)C(=O)c1ccc(-c2cnc3[nH]c4ccc(N(C)S(=O)(=O)C5CC=CS5)cc4c3c2-c2ccccc2)cc1. The third-order valence-electron chi connectivity index (χ3n) is 7.88. The molecule has 1 aliphatic rings. The number of hydrogen-bond acceptors (Lipinski definition) is 6. The summed E-state index contributed by atoms with van der Waals surface area (Å²) in [6.45, 7) is 2.59. The van der Waals surface area contributed by atoms with Gasteiger partial charge in [0, 0.05) is 59.3 Å². The number of nitrogens with one attached hydrogen (secondary N) is 1. The average Bonchev–Trinajstić information content (AvgIpc) is 3.72. The van der Waals surface area contributed by atoms with Crippen LogP contribution in [0.25, 0.3) is 44.2 Å². The molecule has 8 nitrogen and oxygen atoms in total. The van der Waals surface area contributed by atoms with Gasteiger partial charge in [0.05, 0.1) is 12.3 Å². The van der Waals surface area contributed by atoms with Gasteiger partial charge in [0.1, 0.15) is 10.2 Å². The first-order valence-electron chi connectivity index (χ1n) is 14.1. The number of likely N-dealkylation sites (N-methyl/N-ethyl adjacent to an activating group) is 1. The smallest absolute Gasteiger partial charge is 0.253 e. The van der Waals surface area contributed by atoms with E-state index in [9.17, 15) is 18.3 Å². The zero-order chi connectivity index (χ0) is 30.1. The molecule has 2 aromatic heterocycles. The number of allylic oxidation sites excluding steroid dienone is 1. The molecule has 0 bridgehead atoms. The van der Waals surface area contributed by atoms with E-state index >= 15 is 0 Å². The van der Waals surface area contributed by atoms with Crippen molar-refractivity contribution in [2.24, 2.45) is 0 Å². The van der Waals surface area contributed by atoms with Gasteiger partial charge in [-0.3, -0.25) is 9.10 Å². The molecular weight excluding hydrogens is 581 g/mol. The van der Waals surface area contributed by atoms with Crippen molar-refractivity contribution in [1.29, 1.82) is 0 Å². The average molecular weight is 613 g/mol. The Kier molecular flexibility index (Phi) is 8.00. The van der Waals surface area contributed by atoms with Gasteiger partial charge in [0.25, 0.3) is 5.91 Å². The van der Waals surface area contributed by atoms with Crippen molar-refractivity contribution < 1.29 is 18.3 Å². The van der Waals surface area contributed by atoms with Gasteiger partial charge in [-0.25, -0.2) is 13.4 Å². The minimum atomic E-state index is -3.57. The number of carbonyl (C=O) groups excluding carboxylic acids is 1. The lowest BCUT2D eigenvalue weighted by Gasteiger charge is -2.23. The predicted octanol–water partition coefficient (Wildman–Crippen LogP) is 6.25. The van der Waals surface area contributed by atoms with E-state index in [4.69, 9.17) is 4.98 Å². The van der Waals surface area contributed by atoms with Crippen LogP contribution in [0.5, 0.6) is 0 Å². The summed E-state index contributed by atoms with van der Waals surface area (Å²) < 4.78 is 27.6. The van der Waals surface area contributed by atoms with Crippen LogP contribution in [0.1, 0.15) is 23.7 Å². The van der Waals surface area contributed by atoms with E-state index in [0.29, 0.717) is 29.9 Å². The first-order chi connectivity index (χ1) is 20.8. The van der Waals surface area contributed by atoms with Crippen molar-refractivity contribution in [3.8, 4) is 22.3 Å². The van der Waals surface area contributed by atoms with Crippen molar-refractivity contribution >= 4 is 55.3 Å². The molecule has 0 saturated heterocycles. The summed E-state index contributed by atoms with van der Waals surface area (Å²) in [6, 6.07) is 23.1. The van der Waals surface area contributed by atoms with Gasteiger partial charge < -0.3 is 15.0 Å². The maximum atomic E-state index is 13.4. The van der Waals surface area contributed by atoms with Crippen LogP contribution in [-0.2, 0) is 10.0 Å². The number of amides is 1. The van der Waals surface area contributed by atoms with E-state index in [1.54, 1.807) is 24.1 Å². The first kappa shape index (κ1) is 29.0. The van der Waals surface area contributed by atoms with Crippen molar-refractivity contribution in [3.63, 3.8) is 0 Å². The van der Waals surface area contributed by atoms with Crippen molar-refractivity contribution in [1.82, 2.24) is 14.9 Å². The van der Waals surface area contributed by atoms with Crippen LogP contribution in [-0.4, -0.2) is 65.6 Å². The fourth-order valence-electron chi connectivity index (χ4n) is 5.54. The molecule has 220 valence electrons. The molecule has 3 heterocycles. The van der Waals surface area contributed by atoms with E-state index < -0.39 is 14.6 Å². The van der Waals surface area contributed by atoms with Gasteiger partial charge in [0.15, 0.2) is 0 Å². The highest BCUT2D eigenvalue weighted by Crippen LogP contribution is 2.42. The van der Waals surface area contributed by atoms with E-state index in [0.717, 1.165) is 38.5 Å². The first-order valence-corrected chi connectivity index (χ1v) is 16.6. The number of aliphatic hydroxyl groups is 1. The summed E-state index contributed by atoms with van der Waals surface area (Å²) in [5.74, 6) is -0.130. The van der Waals surface area contributed by atoms with Crippen molar-refractivity contribution in [2.45, 2.75) is 17.9 Å². The maximum absolute atomic E-state index is 13.4. The van der Waals surface area contributed by atoms with Crippen LogP contribution in [0.4, 0.5) is 5.69 Å². The molecule has 0 radical (unpaired) electrons. The minimum absolute atomic E-state index is 0.0887. The van der Waals surface area contributed by atoms with Gasteiger partial charge in [-0.2, -0.15) is 0 Å². The van der Waals surface area contributed by atoms with Gasteiger partial charge >= 0.3 is 0 Å². The molecule has 2 N–H and O–H groups in total. The number of thioether (sulfide) groups is 1. The summed E-state index contributed by atoms with van der Waals surface area (Å²) in [5.41, 5.74) is 6.42. The number of carbonyl (C=O) groups is 1. The lowest BCUT2D eigenvalue weighted by Crippen LogP contribution is -2.33. The van der Waals surface area contributed by atoms with E-state index in [1.165, 1.54) is 16.1 Å². The highest BCUT2D eigenvalue weighted by atomic mass is 32.3. The maximum Gasteiger partial charge on any atom is 0.253 e. The number of anilines is 1. The Morgan fingerprint density at radius 1 is 1.07 bits per heavy atom. The van der Waals surface area contributed by atoms with Crippen LogP contribution in [0.15, 0.2) is 90.5 Å². The number of aromatic amines is 1. The summed E-state index contributed by atoms with van der Waals surface area (Å²) in [6.07, 6.45) is 4.21. The highest BCUT2D eigenvalue weighted by Gasteiger charge is 2.31. The number of rotatable bonds is 9. The number of pyridine rings is 1. The monoisotopic (exact) mass is 612 g/mol. The summed E-state index contributed by atoms with van der Waals surface area (Å²) in [5, 5.41) is 12.9. The lowest BCUT2D eigenvalue weighted by molar-refractivity contribution is 0.0732. The highest BCUT2D eigenvalue weighted by molar-refractivity contribution is 8.15. The number of H-pyrrole nitrogens is 1. The van der Waals surface area contributed by atoms with Gasteiger partial charge in [0.2, 0.25) is 10.0 Å². The molecule has 0 fully saturated rings. The second-order valence-corrected chi connectivity index (χ2v) is 13.9. The number of benzene rings is 3. The molecule has 3 aromatic carbocycles. The van der Waals surface area contributed by atoms with E-state index in [-0.39, 0.29) is 19.1 Å². The zero-order valence-electron chi connectivity index (χ0n) is 23.9. The van der Waals surface area contributed by atoms with Crippen molar-refractivity contribution in [2.75, 3.05) is 31.0 Å². The lowest BCUT2D eigenvalue weighted by atomic mass is 9.92. The van der Waals surface area contributed by atoms with E-state index in [1.807, 2.05) is 85.3 Å². The summed E-state index contributed by atoms with van der Waals surface area (Å²) in [4.78, 5) is 22.8. The molecule has 0 aliphatic carbocycles.